The van der Waals surface area contributed by atoms with Crippen LogP contribution < -0.4 is 5.56 Å². The highest BCUT2D eigenvalue weighted by molar-refractivity contribution is 5.68. The molecule has 0 unspecified atom stereocenters. The molecule has 5 nitrogen and oxygen atoms in total. The van der Waals surface area contributed by atoms with Crippen molar-refractivity contribution in [3.63, 3.8) is 0 Å². The molecule has 0 saturated heterocycles. The maximum Gasteiger partial charge on any atom is 0.295 e. The van der Waals surface area contributed by atoms with Gasteiger partial charge in [0.1, 0.15) is 0 Å². The van der Waals surface area contributed by atoms with Crippen LogP contribution >= 0.6 is 0 Å². The Morgan fingerprint density at radius 1 is 1.20 bits per heavy atom. The van der Waals surface area contributed by atoms with E-state index >= 15 is 0 Å². The van der Waals surface area contributed by atoms with Gasteiger partial charge in [-0.3, -0.25) is 9.48 Å². The molecule has 0 aliphatic carbocycles. The van der Waals surface area contributed by atoms with Gasteiger partial charge in [-0.1, -0.05) is 0 Å². The summed E-state index contributed by atoms with van der Waals surface area (Å²) < 4.78 is 3.42. The van der Waals surface area contributed by atoms with Gasteiger partial charge in [-0.2, -0.15) is 0 Å². The number of hydrogen-bond donors (Lipinski definition) is 0. The van der Waals surface area contributed by atoms with E-state index in [4.69, 9.17) is 0 Å². The fraction of sp³-hybridized carbons (Fsp3) is 0.500. The standard InChI is InChI=1S/C10H14N4O/c1-10(2,3)14-9(15)7-8(13(14)4)12-6-5-11-7/h5-6H,1-4H3. The number of aryl methyl sites for hydroxylation is 1. The van der Waals surface area contributed by atoms with E-state index in [1.807, 2.05) is 27.8 Å². The number of aromatic nitrogens is 4. The van der Waals surface area contributed by atoms with Crippen molar-refractivity contribution in [3.8, 4) is 0 Å². The summed E-state index contributed by atoms with van der Waals surface area (Å²) in [5, 5.41) is 0. The zero-order valence-corrected chi connectivity index (χ0v) is 9.35. The number of nitrogens with zero attached hydrogens (tertiary/aromatic N) is 4. The van der Waals surface area contributed by atoms with Crippen LogP contribution in [0, 0.1) is 0 Å². The Balaban J connectivity index is 2.94. The van der Waals surface area contributed by atoms with Gasteiger partial charge >= 0.3 is 0 Å². The Bertz CT molecular complexity index is 559. The highest BCUT2D eigenvalue weighted by Crippen LogP contribution is 2.13. The molecule has 0 atom stereocenters. The molecule has 15 heavy (non-hydrogen) atoms. The molecule has 0 saturated carbocycles. The van der Waals surface area contributed by atoms with Crippen LogP contribution in [0.2, 0.25) is 0 Å². The second-order valence-corrected chi connectivity index (χ2v) is 4.54. The van der Waals surface area contributed by atoms with E-state index in [0.29, 0.717) is 11.2 Å². The van der Waals surface area contributed by atoms with Gasteiger partial charge in [-0.25, -0.2) is 14.6 Å². The SMILES string of the molecule is Cn1c2nccnc2c(=O)n1C(C)(C)C. The highest BCUT2D eigenvalue weighted by Gasteiger charge is 2.22. The van der Waals surface area contributed by atoms with Crippen molar-refractivity contribution in [2.45, 2.75) is 26.3 Å². The van der Waals surface area contributed by atoms with Crippen LogP contribution in [0.15, 0.2) is 17.2 Å². The molecule has 0 radical (unpaired) electrons. The first kappa shape index (κ1) is 9.89. The molecular weight excluding hydrogens is 192 g/mol. The van der Waals surface area contributed by atoms with Crippen LogP contribution in [-0.4, -0.2) is 19.3 Å². The van der Waals surface area contributed by atoms with Crippen LogP contribution in [0.4, 0.5) is 0 Å². The highest BCUT2D eigenvalue weighted by atomic mass is 16.1. The van der Waals surface area contributed by atoms with E-state index in [1.165, 1.54) is 6.20 Å². The van der Waals surface area contributed by atoms with Gasteiger partial charge in [0.2, 0.25) is 0 Å². The Hall–Kier alpha value is -1.65. The van der Waals surface area contributed by atoms with E-state index in [1.54, 1.807) is 15.6 Å². The maximum atomic E-state index is 12.0. The topological polar surface area (TPSA) is 52.7 Å². The summed E-state index contributed by atoms with van der Waals surface area (Å²) in [6.45, 7) is 5.94. The van der Waals surface area contributed by atoms with Crippen molar-refractivity contribution >= 4 is 11.2 Å². The lowest BCUT2D eigenvalue weighted by Crippen LogP contribution is -2.35. The molecule has 0 aromatic carbocycles. The Labute approximate surface area is 87.4 Å². The molecule has 5 heteroatoms. The lowest BCUT2D eigenvalue weighted by atomic mass is 10.1. The summed E-state index contributed by atoms with van der Waals surface area (Å²) >= 11 is 0. The third-order valence-electron chi connectivity index (χ3n) is 2.32. The van der Waals surface area contributed by atoms with Crippen molar-refractivity contribution in [1.82, 2.24) is 19.3 Å². The third-order valence-corrected chi connectivity index (χ3v) is 2.32. The van der Waals surface area contributed by atoms with Gasteiger partial charge in [0.05, 0.1) is 5.54 Å². The van der Waals surface area contributed by atoms with E-state index < -0.39 is 0 Å². The monoisotopic (exact) mass is 206 g/mol. The molecule has 2 aromatic heterocycles. The van der Waals surface area contributed by atoms with E-state index in [2.05, 4.69) is 9.97 Å². The Kier molecular flexibility index (Phi) is 1.92. The molecule has 0 aliphatic heterocycles. The Morgan fingerprint density at radius 3 is 2.33 bits per heavy atom. The van der Waals surface area contributed by atoms with Gasteiger partial charge in [0.25, 0.3) is 5.56 Å². The summed E-state index contributed by atoms with van der Waals surface area (Å²) in [4.78, 5) is 20.3. The minimum absolute atomic E-state index is 0.0897. The average Bonchev–Trinajstić information content (AvgIpc) is 2.39. The van der Waals surface area contributed by atoms with Crippen LogP contribution in [0.25, 0.3) is 11.2 Å². The summed E-state index contributed by atoms with van der Waals surface area (Å²) in [6, 6.07) is 0. The normalized spacial score (nSPS) is 12.3. The summed E-state index contributed by atoms with van der Waals surface area (Å²) in [7, 11) is 1.82. The van der Waals surface area contributed by atoms with Gasteiger partial charge in [0, 0.05) is 19.4 Å². The molecule has 2 aromatic rings. The number of hydrogen-bond acceptors (Lipinski definition) is 3. The van der Waals surface area contributed by atoms with E-state index in [0.717, 1.165) is 0 Å². The zero-order chi connectivity index (χ0) is 11.2. The Morgan fingerprint density at radius 2 is 1.80 bits per heavy atom. The lowest BCUT2D eigenvalue weighted by Gasteiger charge is -2.22. The largest absolute Gasteiger partial charge is 0.295 e. The predicted molar refractivity (Wildman–Crippen MR) is 57.8 cm³/mol. The quantitative estimate of drug-likeness (QED) is 0.643. The first-order valence-electron chi connectivity index (χ1n) is 4.82. The molecular formula is C10H14N4O. The summed E-state index contributed by atoms with van der Waals surface area (Å²) in [5.74, 6) is 0. The fourth-order valence-electron chi connectivity index (χ4n) is 1.80. The zero-order valence-electron chi connectivity index (χ0n) is 9.35. The number of rotatable bonds is 0. The second kappa shape index (κ2) is 2.92. The van der Waals surface area contributed by atoms with Crippen LogP contribution in [0.1, 0.15) is 20.8 Å². The molecule has 0 N–H and O–H groups in total. The van der Waals surface area contributed by atoms with E-state index in [-0.39, 0.29) is 11.1 Å². The van der Waals surface area contributed by atoms with Crippen molar-refractivity contribution in [2.75, 3.05) is 0 Å². The molecule has 2 rings (SSSR count). The first-order chi connectivity index (χ1) is 6.93. The summed E-state index contributed by atoms with van der Waals surface area (Å²) in [6.07, 6.45) is 3.13. The lowest BCUT2D eigenvalue weighted by molar-refractivity contribution is 0.306. The molecule has 0 fully saturated rings. The second-order valence-electron chi connectivity index (χ2n) is 4.54. The minimum Gasteiger partial charge on any atom is -0.266 e. The van der Waals surface area contributed by atoms with Crippen molar-refractivity contribution in [2.24, 2.45) is 7.05 Å². The maximum absolute atomic E-state index is 12.0. The van der Waals surface area contributed by atoms with Crippen molar-refractivity contribution in [1.29, 1.82) is 0 Å². The minimum atomic E-state index is -0.270. The van der Waals surface area contributed by atoms with E-state index in [9.17, 15) is 4.79 Å². The first-order valence-corrected chi connectivity index (χ1v) is 4.82. The third kappa shape index (κ3) is 1.35. The van der Waals surface area contributed by atoms with Crippen LogP contribution in [-0.2, 0) is 12.6 Å². The van der Waals surface area contributed by atoms with Crippen LogP contribution in [0.5, 0.6) is 0 Å². The summed E-state index contributed by atoms with van der Waals surface area (Å²) in [5.41, 5.74) is 0.689. The van der Waals surface area contributed by atoms with Gasteiger partial charge in [-0.15, -0.1) is 0 Å². The molecule has 0 aliphatic rings. The molecule has 0 bridgehead atoms. The predicted octanol–water partition coefficient (Wildman–Crippen LogP) is 0.885. The molecule has 0 spiro atoms. The molecule has 0 amide bonds. The van der Waals surface area contributed by atoms with Crippen molar-refractivity contribution < 1.29 is 0 Å². The van der Waals surface area contributed by atoms with Crippen LogP contribution in [0.3, 0.4) is 0 Å². The van der Waals surface area contributed by atoms with Gasteiger partial charge in [-0.05, 0) is 20.8 Å². The van der Waals surface area contributed by atoms with Gasteiger partial charge in [0.15, 0.2) is 11.2 Å². The molecule has 80 valence electrons. The van der Waals surface area contributed by atoms with Gasteiger partial charge < -0.3 is 0 Å². The number of fused-ring (bicyclic) bond motifs is 1. The average molecular weight is 206 g/mol. The fourth-order valence-corrected chi connectivity index (χ4v) is 1.80. The smallest absolute Gasteiger partial charge is 0.266 e. The van der Waals surface area contributed by atoms with Crippen molar-refractivity contribution in [3.05, 3.63) is 22.7 Å². The molecule has 2 heterocycles.